The highest BCUT2D eigenvalue weighted by Crippen LogP contribution is 2.31. The molecule has 2 N–H and O–H groups in total. The fraction of sp³-hybridized carbons (Fsp3) is 0.538. The molecule has 0 fully saturated rings. The number of hydrogen-bond donors (Lipinski definition) is 1. The number of nitrogens with zero attached hydrogens (tertiary/aromatic N) is 3. The van der Waals surface area contributed by atoms with Crippen LogP contribution in [0.25, 0.3) is 0 Å². The van der Waals surface area contributed by atoms with Crippen LogP contribution in [0.5, 0.6) is 0 Å². The van der Waals surface area contributed by atoms with Gasteiger partial charge in [0.15, 0.2) is 0 Å². The third kappa shape index (κ3) is 2.47. The van der Waals surface area contributed by atoms with Crippen LogP contribution in [0, 0.1) is 6.92 Å². The Morgan fingerprint density at radius 2 is 2.06 bits per heavy atom. The molecule has 18 heavy (non-hydrogen) atoms. The van der Waals surface area contributed by atoms with Crippen molar-refractivity contribution in [3.63, 3.8) is 0 Å². The Bertz CT molecular complexity index is 548. The SMILES string of the molecule is Cc1csc(C(N)c2cn(C)nc2C(C)(C)C)n1. The van der Waals surface area contributed by atoms with Gasteiger partial charge in [-0.1, -0.05) is 20.8 Å². The van der Waals surface area contributed by atoms with Crippen molar-refractivity contribution in [2.75, 3.05) is 0 Å². The fourth-order valence-corrected chi connectivity index (χ4v) is 2.78. The van der Waals surface area contributed by atoms with Gasteiger partial charge in [0.1, 0.15) is 5.01 Å². The molecule has 0 saturated carbocycles. The van der Waals surface area contributed by atoms with Crippen LogP contribution in [0.3, 0.4) is 0 Å². The molecule has 0 aliphatic heterocycles. The maximum atomic E-state index is 6.34. The maximum Gasteiger partial charge on any atom is 0.114 e. The monoisotopic (exact) mass is 264 g/mol. The summed E-state index contributed by atoms with van der Waals surface area (Å²) in [4.78, 5) is 4.48. The van der Waals surface area contributed by atoms with Crippen LogP contribution in [-0.2, 0) is 12.5 Å². The fourth-order valence-electron chi connectivity index (χ4n) is 1.97. The molecular weight excluding hydrogens is 244 g/mol. The summed E-state index contributed by atoms with van der Waals surface area (Å²) in [6, 6.07) is -0.188. The smallest absolute Gasteiger partial charge is 0.114 e. The first-order chi connectivity index (χ1) is 8.29. The highest BCUT2D eigenvalue weighted by Gasteiger charge is 2.26. The van der Waals surface area contributed by atoms with Gasteiger partial charge in [0.25, 0.3) is 0 Å². The molecular formula is C13H20N4S. The summed E-state index contributed by atoms with van der Waals surface area (Å²) in [5, 5.41) is 7.53. The lowest BCUT2D eigenvalue weighted by Gasteiger charge is -2.19. The Morgan fingerprint density at radius 3 is 2.56 bits per heavy atom. The Balaban J connectivity index is 2.45. The average Bonchev–Trinajstić information content (AvgIpc) is 2.82. The molecule has 0 saturated heterocycles. The van der Waals surface area contributed by atoms with Gasteiger partial charge in [-0.05, 0) is 6.92 Å². The molecule has 98 valence electrons. The lowest BCUT2D eigenvalue weighted by atomic mass is 9.88. The van der Waals surface area contributed by atoms with E-state index >= 15 is 0 Å². The Labute approximate surface area is 112 Å². The molecule has 4 nitrogen and oxygen atoms in total. The van der Waals surface area contributed by atoms with Crippen LogP contribution < -0.4 is 5.73 Å². The van der Waals surface area contributed by atoms with Gasteiger partial charge in [0, 0.05) is 35.3 Å². The van der Waals surface area contributed by atoms with E-state index in [4.69, 9.17) is 5.73 Å². The quantitative estimate of drug-likeness (QED) is 0.907. The van der Waals surface area contributed by atoms with Crippen LogP contribution in [0.1, 0.15) is 48.8 Å². The molecule has 0 bridgehead atoms. The van der Waals surface area contributed by atoms with Crippen molar-refractivity contribution in [2.24, 2.45) is 12.8 Å². The zero-order valence-electron chi connectivity index (χ0n) is 11.6. The van der Waals surface area contributed by atoms with E-state index in [1.54, 1.807) is 11.3 Å². The van der Waals surface area contributed by atoms with Crippen LogP contribution in [-0.4, -0.2) is 14.8 Å². The lowest BCUT2D eigenvalue weighted by molar-refractivity contribution is 0.545. The van der Waals surface area contributed by atoms with Crippen LogP contribution in [0.2, 0.25) is 0 Å². The number of hydrogen-bond acceptors (Lipinski definition) is 4. The van der Waals surface area contributed by atoms with Crippen LogP contribution in [0.15, 0.2) is 11.6 Å². The second-order valence-corrected chi connectivity index (χ2v) is 6.55. The highest BCUT2D eigenvalue weighted by molar-refractivity contribution is 7.09. The van der Waals surface area contributed by atoms with E-state index in [1.807, 2.05) is 30.2 Å². The summed E-state index contributed by atoms with van der Waals surface area (Å²) in [6.45, 7) is 8.44. The number of aryl methyl sites for hydroxylation is 2. The normalized spacial score (nSPS) is 13.9. The number of nitrogens with two attached hydrogens (primary N) is 1. The minimum Gasteiger partial charge on any atom is -0.318 e. The van der Waals surface area contributed by atoms with E-state index < -0.39 is 0 Å². The van der Waals surface area contributed by atoms with Gasteiger partial charge < -0.3 is 5.73 Å². The lowest BCUT2D eigenvalue weighted by Crippen LogP contribution is -2.20. The summed E-state index contributed by atoms with van der Waals surface area (Å²) < 4.78 is 1.83. The molecule has 2 aromatic heterocycles. The average molecular weight is 264 g/mol. The first-order valence-electron chi connectivity index (χ1n) is 6.00. The molecule has 1 unspecified atom stereocenters. The zero-order chi connectivity index (χ0) is 13.5. The Morgan fingerprint density at radius 1 is 1.39 bits per heavy atom. The first kappa shape index (κ1) is 13.2. The van der Waals surface area contributed by atoms with Gasteiger partial charge >= 0.3 is 0 Å². The molecule has 0 radical (unpaired) electrons. The van der Waals surface area contributed by atoms with Crippen molar-refractivity contribution in [1.29, 1.82) is 0 Å². The van der Waals surface area contributed by atoms with E-state index in [1.165, 1.54) is 0 Å². The minimum absolute atomic E-state index is 0.0134. The second-order valence-electron chi connectivity index (χ2n) is 5.66. The van der Waals surface area contributed by atoms with E-state index in [2.05, 4.69) is 30.9 Å². The van der Waals surface area contributed by atoms with Gasteiger partial charge in [-0.3, -0.25) is 4.68 Å². The summed E-state index contributed by atoms with van der Waals surface area (Å²) in [5.41, 5.74) is 9.46. The van der Waals surface area contributed by atoms with E-state index in [-0.39, 0.29) is 11.5 Å². The molecule has 2 heterocycles. The summed E-state index contributed by atoms with van der Waals surface area (Å²) >= 11 is 1.61. The topological polar surface area (TPSA) is 56.7 Å². The van der Waals surface area contributed by atoms with Crippen molar-refractivity contribution in [3.8, 4) is 0 Å². The van der Waals surface area contributed by atoms with Gasteiger partial charge in [-0.2, -0.15) is 5.10 Å². The van der Waals surface area contributed by atoms with Gasteiger partial charge in [0.2, 0.25) is 0 Å². The third-order valence-corrected chi connectivity index (χ3v) is 3.85. The van der Waals surface area contributed by atoms with Gasteiger partial charge in [-0.15, -0.1) is 11.3 Å². The molecule has 2 aromatic rings. The van der Waals surface area contributed by atoms with E-state index in [0.29, 0.717) is 0 Å². The van der Waals surface area contributed by atoms with Crippen LogP contribution >= 0.6 is 11.3 Å². The number of aromatic nitrogens is 3. The minimum atomic E-state index is -0.188. The molecule has 1 atom stereocenters. The Kier molecular flexibility index (Phi) is 3.29. The van der Waals surface area contributed by atoms with Gasteiger partial charge in [0.05, 0.1) is 11.7 Å². The molecule has 5 heteroatoms. The predicted molar refractivity (Wildman–Crippen MR) is 74.8 cm³/mol. The van der Waals surface area contributed by atoms with E-state index in [9.17, 15) is 0 Å². The predicted octanol–water partition coefficient (Wildman–Crippen LogP) is 2.53. The standard InChI is InChI=1S/C13H20N4S/c1-8-7-18-12(15-8)10(14)9-6-17(5)16-11(9)13(2,3)4/h6-7,10H,14H2,1-5H3. The summed E-state index contributed by atoms with van der Waals surface area (Å²) in [5.74, 6) is 0. The largest absolute Gasteiger partial charge is 0.318 e. The Hall–Kier alpha value is -1.20. The number of rotatable bonds is 2. The van der Waals surface area contributed by atoms with Crippen molar-refractivity contribution in [2.45, 2.75) is 39.2 Å². The first-order valence-corrected chi connectivity index (χ1v) is 6.88. The second kappa shape index (κ2) is 4.48. The van der Waals surface area contributed by atoms with Crippen LogP contribution in [0.4, 0.5) is 0 Å². The van der Waals surface area contributed by atoms with E-state index in [0.717, 1.165) is 22.0 Å². The highest BCUT2D eigenvalue weighted by atomic mass is 32.1. The van der Waals surface area contributed by atoms with Crippen molar-refractivity contribution >= 4 is 11.3 Å². The summed E-state index contributed by atoms with van der Waals surface area (Å²) in [7, 11) is 1.93. The molecule has 2 rings (SSSR count). The molecule has 0 amide bonds. The van der Waals surface area contributed by atoms with Crippen molar-refractivity contribution < 1.29 is 0 Å². The number of thiazole rings is 1. The van der Waals surface area contributed by atoms with Crippen molar-refractivity contribution in [3.05, 3.63) is 33.5 Å². The molecule has 0 aliphatic rings. The third-order valence-electron chi connectivity index (χ3n) is 2.81. The summed E-state index contributed by atoms with van der Waals surface area (Å²) in [6.07, 6.45) is 2.00. The maximum absolute atomic E-state index is 6.34. The molecule has 0 aromatic carbocycles. The molecule has 0 aliphatic carbocycles. The zero-order valence-corrected chi connectivity index (χ0v) is 12.4. The van der Waals surface area contributed by atoms with Crippen molar-refractivity contribution in [1.82, 2.24) is 14.8 Å². The molecule has 0 spiro atoms. The van der Waals surface area contributed by atoms with Gasteiger partial charge in [-0.25, -0.2) is 4.98 Å².